The topological polar surface area (TPSA) is 98.2 Å². The van der Waals surface area contributed by atoms with Gasteiger partial charge in [-0.05, 0) is 29.9 Å². The highest BCUT2D eigenvalue weighted by atomic mass is 32.2. The molecule has 0 amide bonds. The van der Waals surface area contributed by atoms with Crippen LogP contribution in [-0.4, -0.2) is 15.0 Å². The molecule has 0 radical (unpaired) electrons. The van der Waals surface area contributed by atoms with E-state index in [9.17, 15) is 8.42 Å². The van der Waals surface area contributed by atoms with E-state index in [1.165, 1.54) is 6.07 Å². The molecule has 0 saturated carbocycles. The van der Waals surface area contributed by atoms with E-state index in [0.717, 1.165) is 6.54 Å². The van der Waals surface area contributed by atoms with Gasteiger partial charge >= 0.3 is 0 Å². The molecule has 0 heterocycles. The summed E-state index contributed by atoms with van der Waals surface area (Å²) in [5, 5.41) is 8.39. The molecular formula is C14H25N3O2S. The number of primary sulfonamides is 1. The van der Waals surface area contributed by atoms with Crippen molar-refractivity contribution in [1.29, 1.82) is 0 Å². The van der Waals surface area contributed by atoms with Crippen LogP contribution in [0.25, 0.3) is 0 Å². The lowest BCUT2D eigenvalue weighted by Gasteiger charge is -2.26. The smallest absolute Gasteiger partial charge is 0.240 e. The number of hydrogen-bond donors (Lipinski definition) is 3. The first-order chi connectivity index (χ1) is 9.14. The maximum atomic E-state index is 11.4. The fourth-order valence-electron chi connectivity index (χ4n) is 2.42. The number of nitrogens with one attached hydrogen (secondary N) is 1. The van der Waals surface area contributed by atoms with Gasteiger partial charge in [0.1, 0.15) is 4.90 Å². The van der Waals surface area contributed by atoms with Crippen LogP contribution in [0.1, 0.15) is 27.7 Å². The molecule has 0 aliphatic rings. The zero-order valence-corrected chi connectivity index (χ0v) is 13.4. The molecule has 0 aliphatic carbocycles. The van der Waals surface area contributed by atoms with Crippen molar-refractivity contribution in [2.75, 3.05) is 17.6 Å². The Hall–Kier alpha value is -1.27. The quantitative estimate of drug-likeness (QED) is 0.702. The van der Waals surface area contributed by atoms with Gasteiger partial charge in [-0.15, -0.1) is 0 Å². The summed E-state index contributed by atoms with van der Waals surface area (Å²) in [6, 6.07) is 4.82. The van der Waals surface area contributed by atoms with Crippen molar-refractivity contribution in [1.82, 2.24) is 0 Å². The largest absolute Gasteiger partial charge is 0.396 e. The molecule has 0 spiro atoms. The number of nitrogens with two attached hydrogens (primary N) is 2. The predicted octanol–water partition coefficient (Wildman–Crippen LogP) is 2.26. The maximum absolute atomic E-state index is 11.4. The zero-order chi connectivity index (χ0) is 15.5. The number of nitrogen functional groups attached to an aromatic ring is 1. The van der Waals surface area contributed by atoms with Crippen LogP contribution in [0.4, 0.5) is 11.4 Å². The molecule has 5 nitrogen and oxygen atoms in total. The predicted molar refractivity (Wildman–Crippen MR) is 83.9 cm³/mol. The monoisotopic (exact) mass is 299 g/mol. The Balaban J connectivity index is 2.95. The van der Waals surface area contributed by atoms with Crippen LogP contribution in [0.2, 0.25) is 0 Å². The number of rotatable bonds is 6. The van der Waals surface area contributed by atoms with Gasteiger partial charge in [0.2, 0.25) is 10.0 Å². The van der Waals surface area contributed by atoms with Gasteiger partial charge in [0.05, 0.1) is 11.4 Å². The second-order valence-corrected chi connectivity index (χ2v) is 7.33. The lowest BCUT2D eigenvalue weighted by molar-refractivity contribution is 0.304. The number of hydrogen-bond acceptors (Lipinski definition) is 4. The molecule has 0 bridgehead atoms. The van der Waals surface area contributed by atoms with Gasteiger partial charge in [0.25, 0.3) is 0 Å². The third kappa shape index (κ3) is 4.11. The first kappa shape index (κ1) is 16.8. The van der Waals surface area contributed by atoms with Crippen LogP contribution >= 0.6 is 0 Å². The minimum Gasteiger partial charge on any atom is -0.396 e. The van der Waals surface area contributed by atoms with Crippen molar-refractivity contribution in [2.45, 2.75) is 32.6 Å². The van der Waals surface area contributed by atoms with Crippen LogP contribution in [0.5, 0.6) is 0 Å². The van der Waals surface area contributed by atoms with Crippen molar-refractivity contribution in [2.24, 2.45) is 22.9 Å². The SMILES string of the molecule is CC(C)C(CNc1cccc(S(N)(=O)=O)c1N)C(C)C. The molecule has 114 valence electrons. The van der Waals surface area contributed by atoms with E-state index in [0.29, 0.717) is 23.4 Å². The van der Waals surface area contributed by atoms with E-state index in [4.69, 9.17) is 10.9 Å². The minimum atomic E-state index is -3.79. The normalized spacial score (nSPS) is 12.4. The Bertz CT molecular complexity index is 546. The van der Waals surface area contributed by atoms with E-state index < -0.39 is 10.0 Å². The molecule has 1 rings (SSSR count). The van der Waals surface area contributed by atoms with Crippen LogP contribution < -0.4 is 16.2 Å². The molecule has 1 aromatic carbocycles. The van der Waals surface area contributed by atoms with Gasteiger partial charge in [-0.25, -0.2) is 13.6 Å². The molecular weight excluding hydrogens is 274 g/mol. The highest BCUT2D eigenvalue weighted by Gasteiger charge is 2.19. The second-order valence-electron chi connectivity index (χ2n) is 5.80. The first-order valence-electron chi connectivity index (χ1n) is 6.79. The fraction of sp³-hybridized carbons (Fsp3) is 0.571. The first-order valence-corrected chi connectivity index (χ1v) is 8.34. The average molecular weight is 299 g/mol. The molecule has 0 aromatic heterocycles. The molecule has 5 N–H and O–H groups in total. The highest BCUT2D eigenvalue weighted by molar-refractivity contribution is 7.89. The zero-order valence-electron chi connectivity index (χ0n) is 12.6. The van der Waals surface area contributed by atoms with Gasteiger partial charge in [-0.2, -0.15) is 0 Å². The third-order valence-corrected chi connectivity index (χ3v) is 4.58. The Morgan fingerprint density at radius 1 is 1.15 bits per heavy atom. The molecule has 6 heteroatoms. The summed E-state index contributed by atoms with van der Waals surface area (Å²) in [6.07, 6.45) is 0. The minimum absolute atomic E-state index is 0.0341. The molecule has 20 heavy (non-hydrogen) atoms. The summed E-state index contributed by atoms with van der Waals surface area (Å²) in [5.41, 5.74) is 6.68. The van der Waals surface area contributed by atoms with Crippen molar-refractivity contribution < 1.29 is 8.42 Å². The van der Waals surface area contributed by atoms with Crippen LogP contribution in [0.15, 0.2) is 23.1 Å². The molecule has 1 aromatic rings. The summed E-state index contributed by atoms with van der Waals surface area (Å²) in [4.78, 5) is -0.0341. The third-order valence-electron chi connectivity index (χ3n) is 3.61. The lowest BCUT2D eigenvalue weighted by Crippen LogP contribution is -2.25. The summed E-state index contributed by atoms with van der Waals surface area (Å²) in [7, 11) is -3.79. The number of benzene rings is 1. The van der Waals surface area contributed by atoms with Crippen molar-refractivity contribution in [3.63, 3.8) is 0 Å². The standard InChI is InChI=1S/C14H25N3O2S/c1-9(2)11(10(3)4)8-17-12-6-5-7-13(14(12)15)20(16,18)19/h5-7,9-11,17H,8,15H2,1-4H3,(H2,16,18,19). The second kappa shape index (κ2) is 6.45. The highest BCUT2D eigenvalue weighted by Crippen LogP contribution is 2.27. The van der Waals surface area contributed by atoms with E-state index in [-0.39, 0.29) is 10.6 Å². The van der Waals surface area contributed by atoms with Crippen LogP contribution in [0.3, 0.4) is 0 Å². The number of anilines is 2. The molecule has 0 aliphatic heterocycles. The Kier molecular flexibility index (Phi) is 5.42. The van der Waals surface area contributed by atoms with E-state index >= 15 is 0 Å². The molecule has 0 unspecified atom stereocenters. The summed E-state index contributed by atoms with van der Waals surface area (Å²) in [5.74, 6) is 1.54. The summed E-state index contributed by atoms with van der Waals surface area (Å²) < 4.78 is 22.9. The van der Waals surface area contributed by atoms with Crippen molar-refractivity contribution in [3.8, 4) is 0 Å². The average Bonchev–Trinajstić information content (AvgIpc) is 2.28. The Labute approximate surface area is 121 Å². The Morgan fingerprint density at radius 3 is 2.15 bits per heavy atom. The van der Waals surface area contributed by atoms with E-state index in [1.54, 1.807) is 12.1 Å². The van der Waals surface area contributed by atoms with Gasteiger partial charge in [0, 0.05) is 6.54 Å². The summed E-state index contributed by atoms with van der Waals surface area (Å²) in [6.45, 7) is 9.45. The van der Waals surface area contributed by atoms with Crippen molar-refractivity contribution >= 4 is 21.4 Å². The summed E-state index contributed by atoms with van der Waals surface area (Å²) >= 11 is 0. The van der Waals surface area contributed by atoms with Gasteiger partial charge < -0.3 is 11.1 Å². The van der Waals surface area contributed by atoms with E-state index in [1.807, 2.05) is 0 Å². The number of sulfonamides is 1. The lowest BCUT2D eigenvalue weighted by atomic mass is 9.85. The molecule has 0 saturated heterocycles. The fourth-order valence-corrected chi connectivity index (χ4v) is 3.10. The van der Waals surface area contributed by atoms with Gasteiger partial charge in [-0.1, -0.05) is 33.8 Å². The van der Waals surface area contributed by atoms with Crippen molar-refractivity contribution in [3.05, 3.63) is 18.2 Å². The molecule has 0 atom stereocenters. The maximum Gasteiger partial charge on any atom is 0.240 e. The Morgan fingerprint density at radius 2 is 1.70 bits per heavy atom. The number of para-hydroxylation sites is 1. The van der Waals surface area contributed by atoms with Crippen LogP contribution in [0, 0.1) is 17.8 Å². The van der Waals surface area contributed by atoms with Crippen LogP contribution in [-0.2, 0) is 10.0 Å². The van der Waals surface area contributed by atoms with Gasteiger partial charge in [-0.3, -0.25) is 0 Å². The van der Waals surface area contributed by atoms with E-state index in [2.05, 4.69) is 33.0 Å². The van der Waals surface area contributed by atoms with Gasteiger partial charge in [0.15, 0.2) is 0 Å². The molecule has 0 fully saturated rings.